The summed E-state index contributed by atoms with van der Waals surface area (Å²) in [6, 6.07) is 9.50. The van der Waals surface area contributed by atoms with E-state index in [9.17, 15) is 4.79 Å². The number of likely N-dealkylation sites (tertiary alicyclic amines) is 1. The molecule has 3 heterocycles. The third kappa shape index (κ3) is 4.13. The van der Waals surface area contributed by atoms with E-state index in [1.807, 2.05) is 42.6 Å². The van der Waals surface area contributed by atoms with E-state index in [1.165, 1.54) is 11.3 Å². The van der Waals surface area contributed by atoms with E-state index in [4.69, 9.17) is 18.9 Å². The number of carbonyl (C=O) groups excluding carboxylic acids is 1. The number of aromatic nitrogens is 1. The molecule has 1 aliphatic heterocycles. The molecular formula is C23H26N2O4S. The summed E-state index contributed by atoms with van der Waals surface area (Å²) in [7, 11) is 3.22. The predicted molar refractivity (Wildman–Crippen MR) is 116 cm³/mol. The summed E-state index contributed by atoms with van der Waals surface area (Å²) in [4.78, 5) is 20.7. The molecule has 0 spiro atoms. The number of methoxy groups -OCH3 is 2. The van der Waals surface area contributed by atoms with Crippen molar-refractivity contribution in [2.75, 3.05) is 27.3 Å². The fourth-order valence-electron chi connectivity index (χ4n) is 3.99. The second-order valence-corrected chi connectivity index (χ2v) is 8.43. The van der Waals surface area contributed by atoms with Gasteiger partial charge in [-0.3, -0.25) is 9.69 Å². The SMILES string of the molecule is COc1cccc(-c2nc(CN3CCCC(C(=O)c4cccs4)C3)c(C)o2)c1OC. The lowest BCUT2D eigenvalue weighted by Crippen LogP contribution is -2.38. The number of ketones is 1. The number of ether oxygens (including phenoxy) is 2. The largest absolute Gasteiger partial charge is 0.493 e. The Morgan fingerprint density at radius 1 is 1.27 bits per heavy atom. The highest BCUT2D eigenvalue weighted by Gasteiger charge is 2.28. The van der Waals surface area contributed by atoms with Gasteiger partial charge in [0.1, 0.15) is 5.76 Å². The molecule has 1 saturated heterocycles. The van der Waals surface area contributed by atoms with Crippen molar-refractivity contribution >= 4 is 17.1 Å². The van der Waals surface area contributed by atoms with Gasteiger partial charge in [0, 0.05) is 19.0 Å². The van der Waals surface area contributed by atoms with Gasteiger partial charge < -0.3 is 13.9 Å². The van der Waals surface area contributed by atoms with Crippen molar-refractivity contribution in [3.8, 4) is 23.0 Å². The number of thiophene rings is 1. The molecule has 1 atom stereocenters. The molecule has 0 saturated carbocycles. The van der Waals surface area contributed by atoms with Crippen molar-refractivity contribution < 1.29 is 18.7 Å². The minimum Gasteiger partial charge on any atom is -0.493 e. The van der Waals surface area contributed by atoms with Crippen LogP contribution in [0, 0.1) is 12.8 Å². The minimum absolute atomic E-state index is 0.0440. The van der Waals surface area contributed by atoms with Crippen LogP contribution in [0.5, 0.6) is 11.5 Å². The Labute approximate surface area is 180 Å². The van der Waals surface area contributed by atoms with E-state index < -0.39 is 0 Å². The Bertz CT molecular complexity index is 1010. The molecule has 7 heteroatoms. The van der Waals surface area contributed by atoms with Crippen molar-refractivity contribution in [1.29, 1.82) is 0 Å². The highest BCUT2D eigenvalue weighted by molar-refractivity contribution is 7.12. The molecule has 0 radical (unpaired) electrons. The molecule has 3 aromatic rings. The number of rotatable bonds is 7. The molecule has 1 aromatic carbocycles. The lowest BCUT2D eigenvalue weighted by Gasteiger charge is -2.31. The summed E-state index contributed by atoms with van der Waals surface area (Å²) in [5.41, 5.74) is 1.65. The quantitative estimate of drug-likeness (QED) is 0.505. The number of hydrogen-bond donors (Lipinski definition) is 0. The first-order chi connectivity index (χ1) is 14.6. The van der Waals surface area contributed by atoms with Gasteiger partial charge in [-0.1, -0.05) is 12.1 Å². The Morgan fingerprint density at radius 2 is 2.13 bits per heavy atom. The van der Waals surface area contributed by atoms with Crippen LogP contribution >= 0.6 is 11.3 Å². The lowest BCUT2D eigenvalue weighted by atomic mass is 9.93. The molecular weight excluding hydrogens is 400 g/mol. The molecule has 2 aromatic heterocycles. The van der Waals surface area contributed by atoms with Gasteiger partial charge in [0.05, 0.1) is 30.4 Å². The van der Waals surface area contributed by atoms with Crippen LogP contribution in [0.2, 0.25) is 0 Å². The van der Waals surface area contributed by atoms with Crippen molar-refractivity contribution in [2.45, 2.75) is 26.3 Å². The fraction of sp³-hybridized carbons (Fsp3) is 0.391. The molecule has 1 fully saturated rings. The normalized spacial score (nSPS) is 17.1. The number of hydrogen-bond acceptors (Lipinski definition) is 7. The first-order valence-corrected chi connectivity index (χ1v) is 11.0. The second-order valence-electron chi connectivity index (χ2n) is 7.48. The van der Waals surface area contributed by atoms with Crippen molar-refractivity contribution in [3.63, 3.8) is 0 Å². The van der Waals surface area contributed by atoms with Gasteiger partial charge in [0.25, 0.3) is 0 Å². The molecule has 0 amide bonds. The zero-order valence-electron chi connectivity index (χ0n) is 17.5. The molecule has 30 heavy (non-hydrogen) atoms. The van der Waals surface area contributed by atoms with Crippen LogP contribution in [0.3, 0.4) is 0 Å². The number of aryl methyl sites for hydroxylation is 1. The van der Waals surface area contributed by atoms with Gasteiger partial charge in [-0.05, 0) is 49.9 Å². The molecule has 6 nitrogen and oxygen atoms in total. The van der Waals surface area contributed by atoms with Crippen LogP contribution in [0.1, 0.15) is 34.0 Å². The Hall–Kier alpha value is -2.64. The van der Waals surface area contributed by atoms with Crippen LogP contribution in [0.25, 0.3) is 11.5 Å². The smallest absolute Gasteiger partial charge is 0.230 e. The molecule has 0 N–H and O–H groups in total. The van der Waals surface area contributed by atoms with Crippen LogP contribution in [-0.2, 0) is 6.54 Å². The van der Waals surface area contributed by atoms with E-state index >= 15 is 0 Å². The van der Waals surface area contributed by atoms with Gasteiger partial charge in [0.2, 0.25) is 5.89 Å². The second kappa shape index (κ2) is 9.02. The van der Waals surface area contributed by atoms with Crippen LogP contribution < -0.4 is 9.47 Å². The van der Waals surface area contributed by atoms with Crippen LogP contribution in [0.15, 0.2) is 40.1 Å². The number of oxazole rings is 1. The maximum Gasteiger partial charge on any atom is 0.230 e. The number of carbonyl (C=O) groups is 1. The van der Waals surface area contributed by atoms with Crippen LogP contribution in [-0.4, -0.2) is 43.0 Å². The van der Waals surface area contributed by atoms with Gasteiger partial charge in [-0.15, -0.1) is 11.3 Å². The lowest BCUT2D eigenvalue weighted by molar-refractivity contribution is 0.0814. The summed E-state index contributed by atoms with van der Waals surface area (Å²) in [5.74, 6) is 2.84. The summed E-state index contributed by atoms with van der Waals surface area (Å²) in [6.45, 7) is 4.30. The fourth-order valence-corrected chi connectivity index (χ4v) is 4.73. The molecule has 1 unspecified atom stereocenters. The van der Waals surface area contributed by atoms with Crippen molar-refractivity contribution in [1.82, 2.24) is 9.88 Å². The average Bonchev–Trinajstić information content (AvgIpc) is 3.43. The number of benzene rings is 1. The molecule has 0 bridgehead atoms. The highest BCUT2D eigenvalue weighted by Crippen LogP contribution is 2.38. The van der Waals surface area contributed by atoms with Crippen molar-refractivity contribution in [3.05, 3.63) is 52.0 Å². The van der Waals surface area contributed by atoms with E-state index in [0.29, 0.717) is 23.9 Å². The Morgan fingerprint density at radius 3 is 2.87 bits per heavy atom. The van der Waals surface area contributed by atoms with Gasteiger partial charge in [-0.2, -0.15) is 0 Å². The monoisotopic (exact) mass is 426 g/mol. The number of piperidine rings is 1. The van der Waals surface area contributed by atoms with Gasteiger partial charge >= 0.3 is 0 Å². The standard InChI is InChI=1S/C23H26N2O4S/c1-15-18(24-23(29-15)17-8-4-9-19(27-2)22(17)28-3)14-25-11-5-7-16(13-25)21(26)20-10-6-12-30-20/h4,6,8-10,12,16H,5,7,11,13-14H2,1-3H3. The van der Waals surface area contributed by atoms with E-state index in [2.05, 4.69) is 4.90 Å². The summed E-state index contributed by atoms with van der Waals surface area (Å²) in [6.07, 6.45) is 1.95. The predicted octanol–water partition coefficient (Wildman–Crippen LogP) is 4.82. The number of nitrogens with zero attached hydrogens (tertiary/aromatic N) is 2. The molecule has 4 rings (SSSR count). The average molecular weight is 427 g/mol. The Balaban J connectivity index is 1.51. The Kier molecular flexibility index (Phi) is 6.20. The zero-order valence-corrected chi connectivity index (χ0v) is 18.3. The zero-order chi connectivity index (χ0) is 21.1. The third-order valence-corrected chi connectivity index (χ3v) is 6.42. The maximum atomic E-state index is 12.8. The van der Waals surface area contributed by atoms with Crippen LogP contribution in [0.4, 0.5) is 0 Å². The maximum absolute atomic E-state index is 12.8. The van der Waals surface area contributed by atoms with E-state index in [1.54, 1.807) is 14.2 Å². The molecule has 1 aliphatic rings. The summed E-state index contributed by atoms with van der Waals surface area (Å²) in [5, 5.41) is 1.96. The van der Waals surface area contributed by atoms with Gasteiger partial charge in [-0.25, -0.2) is 4.98 Å². The summed E-state index contributed by atoms with van der Waals surface area (Å²) >= 11 is 1.52. The highest BCUT2D eigenvalue weighted by atomic mass is 32.1. The third-order valence-electron chi connectivity index (χ3n) is 5.54. The van der Waals surface area contributed by atoms with E-state index in [-0.39, 0.29) is 11.7 Å². The summed E-state index contributed by atoms with van der Waals surface area (Å²) < 4.78 is 16.9. The molecule has 158 valence electrons. The van der Waals surface area contributed by atoms with Gasteiger partial charge in [0.15, 0.2) is 17.3 Å². The number of Topliss-reactive ketones (excluding diaryl/α,β-unsaturated/α-hetero) is 1. The first-order valence-electron chi connectivity index (χ1n) is 10.1. The minimum atomic E-state index is 0.0440. The number of para-hydroxylation sites is 1. The molecule has 0 aliphatic carbocycles. The first kappa shape index (κ1) is 20.6. The van der Waals surface area contributed by atoms with Crippen molar-refractivity contribution in [2.24, 2.45) is 5.92 Å². The van der Waals surface area contributed by atoms with E-state index in [0.717, 1.165) is 47.8 Å². The topological polar surface area (TPSA) is 64.8 Å².